The average Bonchev–Trinajstić information content (AvgIpc) is 2.68. The molecule has 0 radical (unpaired) electrons. The molecule has 0 spiro atoms. The van der Waals surface area contributed by atoms with Gasteiger partial charge in [0.25, 0.3) is 5.91 Å². The van der Waals surface area contributed by atoms with E-state index < -0.39 is 0 Å². The average molecular weight is 464 g/mol. The summed E-state index contributed by atoms with van der Waals surface area (Å²) in [6.07, 6.45) is 3.99. The third kappa shape index (κ3) is 6.29. The molecule has 1 heterocycles. The fourth-order valence-corrected chi connectivity index (χ4v) is 3.43. The van der Waals surface area contributed by atoms with Gasteiger partial charge in [0.05, 0.1) is 0 Å². The molecule has 0 atom stereocenters. The van der Waals surface area contributed by atoms with E-state index in [1.165, 1.54) is 37.9 Å². The monoisotopic (exact) mass is 464 g/mol. The Morgan fingerprint density at radius 1 is 0.962 bits per heavy atom. The topological polar surface area (TPSA) is 41.6 Å². The minimum absolute atomic E-state index is 0.0354. The zero-order valence-electron chi connectivity index (χ0n) is 14.9. The molecule has 1 amide bonds. The van der Waals surface area contributed by atoms with Gasteiger partial charge in [-0.2, -0.15) is 0 Å². The van der Waals surface area contributed by atoms with Gasteiger partial charge >= 0.3 is 0 Å². The highest BCUT2D eigenvalue weighted by atomic mass is 127. The molecule has 0 aliphatic carbocycles. The number of halogens is 1. The van der Waals surface area contributed by atoms with Crippen LogP contribution < -0.4 is 10.1 Å². The van der Waals surface area contributed by atoms with Crippen molar-refractivity contribution in [3.63, 3.8) is 0 Å². The number of carbonyl (C=O) groups is 1. The Labute approximate surface area is 169 Å². The smallest absolute Gasteiger partial charge is 0.258 e. The number of carbonyl (C=O) groups excluding carboxylic acids is 1. The van der Waals surface area contributed by atoms with Crippen LogP contribution in [0, 0.1) is 3.57 Å². The molecule has 0 bridgehead atoms. The van der Waals surface area contributed by atoms with Crippen molar-refractivity contribution in [1.29, 1.82) is 0 Å². The van der Waals surface area contributed by atoms with Gasteiger partial charge < -0.3 is 10.1 Å². The van der Waals surface area contributed by atoms with E-state index in [0.29, 0.717) is 12.3 Å². The molecular weight excluding hydrogens is 439 g/mol. The predicted molar refractivity (Wildman–Crippen MR) is 112 cm³/mol. The van der Waals surface area contributed by atoms with E-state index in [9.17, 15) is 4.79 Å². The highest BCUT2D eigenvalue weighted by Gasteiger charge is 2.10. The lowest BCUT2D eigenvalue weighted by atomic mass is 10.1. The molecule has 0 saturated carbocycles. The first-order valence-corrected chi connectivity index (χ1v) is 10.2. The maximum absolute atomic E-state index is 11.9. The number of benzene rings is 2. The fourth-order valence-electron chi connectivity index (χ4n) is 3.07. The second-order valence-electron chi connectivity index (χ2n) is 6.67. The van der Waals surface area contributed by atoms with Gasteiger partial charge in [0.1, 0.15) is 5.75 Å². The molecular formula is C21H25IN2O2. The van der Waals surface area contributed by atoms with Crippen molar-refractivity contribution < 1.29 is 9.53 Å². The van der Waals surface area contributed by atoms with Crippen LogP contribution in [0.15, 0.2) is 48.5 Å². The van der Waals surface area contributed by atoms with Gasteiger partial charge in [0.15, 0.2) is 6.61 Å². The normalized spacial score (nSPS) is 14.8. The van der Waals surface area contributed by atoms with Crippen LogP contribution in [-0.4, -0.2) is 30.5 Å². The summed E-state index contributed by atoms with van der Waals surface area (Å²) < 4.78 is 6.64. The Bertz CT molecular complexity index is 695. The first kappa shape index (κ1) is 19.2. The molecule has 138 valence electrons. The van der Waals surface area contributed by atoms with Gasteiger partial charge in [-0.15, -0.1) is 0 Å². The molecule has 2 aromatic carbocycles. The Hall–Kier alpha value is -1.60. The van der Waals surface area contributed by atoms with Crippen molar-refractivity contribution >= 4 is 28.5 Å². The quantitative estimate of drug-likeness (QED) is 0.631. The van der Waals surface area contributed by atoms with Gasteiger partial charge in [0, 0.05) is 16.7 Å². The molecule has 0 aromatic heterocycles. The molecule has 1 N–H and O–H groups in total. The number of nitrogens with zero attached hydrogens (tertiary/aromatic N) is 1. The number of nitrogens with one attached hydrogen (secondary N) is 1. The molecule has 1 aliphatic rings. The minimum Gasteiger partial charge on any atom is -0.484 e. The molecule has 1 fully saturated rings. The van der Waals surface area contributed by atoms with Crippen LogP contribution in [-0.2, 0) is 17.9 Å². The summed E-state index contributed by atoms with van der Waals surface area (Å²) >= 11 is 2.24. The number of ether oxygens (including phenoxy) is 1. The van der Waals surface area contributed by atoms with Gasteiger partial charge in [-0.25, -0.2) is 0 Å². The summed E-state index contributed by atoms with van der Waals surface area (Å²) in [7, 11) is 0. The van der Waals surface area contributed by atoms with Crippen LogP contribution in [0.25, 0.3) is 0 Å². The lowest BCUT2D eigenvalue weighted by molar-refractivity contribution is -0.123. The fraction of sp³-hybridized carbons (Fsp3) is 0.381. The number of hydrogen-bond acceptors (Lipinski definition) is 3. The second-order valence-corrected chi connectivity index (χ2v) is 7.92. The number of amides is 1. The third-order valence-electron chi connectivity index (χ3n) is 4.55. The molecule has 1 saturated heterocycles. The van der Waals surface area contributed by atoms with E-state index in [1.54, 1.807) is 0 Å². The Kier molecular flexibility index (Phi) is 7.32. The number of likely N-dealkylation sites (tertiary alicyclic amines) is 1. The zero-order valence-corrected chi connectivity index (χ0v) is 17.1. The summed E-state index contributed by atoms with van der Waals surface area (Å²) in [5.41, 5.74) is 2.44. The van der Waals surface area contributed by atoms with Crippen LogP contribution in [0.3, 0.4) is 0 Å². The summed E-state index contributed by atoms with van der Waals surface area (Å²) in [5, 5.41) is 2.91. The molecule has 3 rings (SSSR count). The lowest BCUT2D eigenvalue weighted by Gasteiger charge is -2.26. The van der Waals surface area contributed by atoms with Crippen molar-refractivity contribution in [3.8, 4) is 5.75 Å². The predicted octanol–water partition coefficient (Wildman–Crippen LogP) is 3.97. The summed E-state index contributed by atoms with van der Waals surface area (Å²) in [6.45, 7) is 4.00. The molecule has 4 nitrogen and oxygen atoms in total. The number of hydrogen-bond donors (Lipinski definition) is 1. The van der Waals surface area contributed by atoms with E-state index >= 15 is 0 Å². The van der Waals surface area contributed by atoms with E-state index in [1.807, 2.05) is 24.3 Å². The molecule has 2 aromatic rings. The summed E-state index contributed by atoms with van der Waals surface area (Å²) in [5.74, 6) is 0.601. The van der Waals surface area contributed by atoms with E-state index in [0.717, 1.165) is 15.7 Å². The largest absolute Gasteiger partial charge is 0.484 e. The van der Waals surface area contributed by atoms with E-state index in [-0.39, 0.29) is 12.5 Å². The van der Waals surface area contributed by atoms with Crippen molar-refractivity contribution in [1.82, 2.24) is 10.2 Å². The zero-order chi connectivity index (χ0) is 18.2. The highest BCUT2D eigenvalue weighted by Crippen LogP contribution is 2.14. The van der Waals surface area contributed by atoms with Gasteiger partial charge in [-0.3, -0.25) is 9.69 Å². The highest BCUT2D eigenvalue weighted by molar-refractivity contribution is 14.1. The van der Waals surface area contributed by atoms with Crippen LogP contribution in [0.5, 0.6) is 5.75 Å². The molecule has 26 heavy (non-hydrogen) atoms. The minimum atomic E-state index is -0.110. The molecule has 0 unspecified atom stereocenters. The standard InChI is InChI=1S/C21H25IN2O2/c22-19-8-10-20(11-9-19)26-16-21(25)23-14-17-4-6-18(7-5-17)15-24-12-2-1-3-13-24/h4-11H,1-3,12-16H2,(H,23,25). The van der Waals surface area contributed by atoms with Crippen molar-refractivity contribution in [3.05, 3.63) is 63.2 Å². The first-order valence-electron chi connectivity index (χ1n) is 9.14. The van der Waals surface area contributed by atoms with Crippen molar-refractivity contribution in [2.45, 2.75) is 32.4 Å². The maximum atomic E-state index is 11.9. The van der Waals surface area contributed by atoms with Crippen molar-refractivity contribution in [2.75, 3.05) is 19.7 Å². The van der Waals surface area contributed by atoms with Gasteiger partial charge in [0.2, 0.25) is 0 Å². The van der Waals surface area contributed by atoms with E-state index in [4.69, 9.17) is 4.74 Å². The Balaban J connectivity index is 1.39. The van der Waals surface area contributed by atoms with E-state index in [2.05, 4.69) is 57.1 Å². The number of rotatable bonds is 7. The second kappa shape index (κ2) is 9.92. The lowest BCUT2D eigenvalue weighted by Crippen LogP contribution is -2.29. The maximum Gasteiger partial charge on any atom is 0.258 e. The Morgan fingerprint density at radius 3 is 2.31 bits per heavy atom. The van der Waals surface area contributed by atoms with Crippen LogP contribution in [0.4, 0.5) is 0 Å². The summed E-state index contributed by atoms with van der Waals surface area (Å²) in [6, 6.07) is 16.2. The Morgan fingerprint density at radius 2 is 1.62 bits per heavy atom. The van der Waals surface area contributed by atoms with Crippen LogP contribution in [0.2, 0.25) is 0 Å². The number of piperidine rings is 1. The first-order chi connectivity index (χ1) is 12.7. The summed E-state index contributed by atoms with van der Waals surface area (Å²) in [4.78, 5) is 14.5. The third-order valence-corrected chi connectivity index (χ3v) is 5.27. The molecule has 5 heteroatoms. The molecule has 1 aliphatic heterocycles. The van der Waals surface area contributed by atoms with Gasteiger partial charge in [-0.05, 0) is 83.9 Å². The SMILES string of the molecule is O=C(COc1ccc(I)cc1)NCc1ccc(CN2CCCCC2)cc1. The van der Waals surface area contributed by atoms with Crippen molar-refractivity contribution in [2.24, 2.45) is 0 Å². The van der Waals surface area contributed by atoms with Gasteiger partial charge in [-0.1, -0.05) is 30.7 Å². The van der Waals surface area contributed by atoms with Crippen LogP contribution in [0.1, 0.15) is 30.4 Å². The van der Waals surface area contributed by atoms with Crippen LogP contribution >= 0.6 is 22.6 Å².